The van der Waals surface area contributed by atoms with E-state index >= 15 is 0 Å². The fourth-order valence-corrected chi connectivity index (χ4v) is 3.69. The van der Waals surface area contributed by atoms with Crippen LogP contribution < -0.4 is 15.0 Å². The van der Waals surface area contributed by atoms with Crippen molar-refractivity contribution in [3.05, 3.63) is 41.6 Å². The number of likely N-dealkylation sites (tertiary alicyclic amines) is 1. The quantitative estimate of drug-likeness (QED) is 0.859. The average molecular weight is 353 g/mol. The van der Waals surface area contributed by atoms with E-state index in [0.717, 1.165) is 63.0 Å². The van der Waals surface area contributed by atoms with Crippen LogP contribution in [0.15, 0.2) is 30.5 Å². The topological polar surface area (TPSA) is 53.5 Å². The van der Waals surface area contributed by atoms with Crippen molar-refractivity contribution in [2.75, 3.05) is 50.6 Å². The van der Waals surface area contributed by atoms with Gasteiger partial charge in [-0.2, -0.15) is 4.98 Å². The maximum absolute atomic E-state index is 5.59. The Morgan fingerprint density at radius 2 is 2.23 bits per heavy atom. The number of hydrogen-bond acceptors (Lipinski definition) is 6. The number of anilines is 2. The van der Waals surface area contributed by atoms with Crippen molar-refractivity contribution in [3.63, 3.8) is 0 Å². The lowest BCUT2D eigenvalue weighted by molar-refractivity contribution is 0.340. The van der Waals surface area contributed by atoms with Gasteiger partial charge in [-0.25, -0.2) is 4.98 Å². The summed E-state index contributed by atoms with van der Waals surface area (Å²) in [5.74, 6) is 2.72. The number of nitrogens with zero attached hydrogens (tertiary/aromatic N) is 4. The first-order valence-electron chi connectivity index (χ1n) is 9.41. The van der Waals surface area contributed by atoms with E-state index in [2.05, 4.69) is 38.4 Å². The van der Waals surface area contributed by atoms with Crippen LogP contribution in [0.3, 0.4) is 0 Å². The monoisotopic (exact) mass is 353 g/mol. The van der Waals surface area contributed by atoms with Crippen LogP contribution in [0.25, 0.3) is 0 Å². The molecule has 0 spiro atoms. The van der Waals surface area contributed by atoms with E-state index in [1.54, 1.807) is 0 Å². The van der Waals surface area contributed by atoms with Crippen molar-refractivity contribution in [2.24, 2.45) is 0 Å². The van der Waals surface area contributed by atoms with Gasteiger partial charge in [-0.15, -0.1) is 0 Å². The van der Waals surface area contributed by atoms with E-state index in [1.807, 2.05) is 31.3 Å². The molecule has 0 radical (unpaired) electrons. The fraction of sp³-hybridized carbons (Fsp3) is 0.500. The zero-order valence-corrected chi connectivity index (χ0v) is 15.6. The number of ether oxygens (including phenoxy) is 1. The summed E-state index contributed by atoms with van der Waals surface area (Å²) >= 11 is 0. The number of hydrogen-bond donors (Lipinski definition) is 1. The third-order valence-corrected chi connectivity index (χ3v) is 5.14. The molecule has 138 valence electrons. The normalized spacial score (nSPS) is 19.2. The maximum atomic E-state index is 5.59. The Bertz CT molecular complexity index is 764. The molecule has 6 nitrogen and oxygen atoms in total. The number of aromatic nitrogens is 2. The minimum absolute atomic E-state index is 0.452. The molecule has 3 heterocycles. The molecular weight excluding hydrogens is 326 g/mol. The van der Waals surface area contributed by atoms with Gasteiger partial charge < -0.3 is 19.9 Å². The highest BCUT2D eigenvalue weighted by atomic mass is 16.5. The van der Waals surface area contributed by atoms with Crippen LogP contribution in [0.1, 0.15) is 17.5 Å². The fourth-order valence-electron chi connectivity index (χ4n) is 3.69. The Labute approximate surface area is 155 Å². The van der Waals surface area contributed by atoms with Gasteiger partial charge in [0.1, 0.15) is 11.6 Å². The number of rotatable bonds is 6. The Morgan fingerprint density at radius 3 is 3.12 bits per heavy atom. The van der Waals surface area contributed by atoms with Gasteiger partial charge in [0.05, 0.1) is 6.61 Å². The number of fused-ring (bicyclic) bond motifs is 1. The molecule has 2 aliphatic heterocycles. The largest absolute Gasteiger partial charge is 0.493 e. The molecule has 0 amide bonds. The number of nitrogens with one attached hydrogen (secondary N) is 1. The standard InChI is InChI=1S/C20H27N5O/c1-24(2)20-21-9-5-19(23-20)22-17-7-11-25(14-17)10-6-15-3-4-18-16(13-15)8-12-26-18/h3-5,9,13,17H,6-8,10-12,14H2,1-2H3,(H,21,22,23). The van der Waals surface area contributed by atoms with Gasteiger partial charge in [0.2, 0.25) is 5.95 Å². The number of benzene rings is 1. The van der Waals surface area contributed by atoms with Gasteiger partial charge in [-0.05, 0) is 36.1 Å². The van der Waals surface area contributed by atoms with Crippen LogP contribution in [0, 0.1) is 0 Å². The van der Waals surface area contributed by atoms with E-state index in [9.17, 15) is 0 Å². The second kappa shape index (κ2) is 7.50. The van der Waals surface area contributed by atoms with Crippen LogP contribution in [0.4, 0.5) is 11.8 Å². The van der Waals surface area contributed by atoms with Crippen molar-refractivity contribution in [1.82, 2.24) is 14.9 Å². The van der Waals surface area contributed by atoms with E-state index in [-0.39, 0.29) is 0 Å². The summed E-state index contributed by atoms with van der Waals surface area (Å²) in [6, 6.07) is 9.05. The molecule has 4 rings (SSSR count). The highest BCUT2D eigenvalue weighted by Crippen LogP contribution is 2.26. The molecule has 0 aliphatic carbocycles. The van der Waals surface area contributed by atoms with Crippen LogP contribution >= 0.6 is 0 Å². The van der Waals surface area contributed by atoms with E-state index in [4.69, 9.17) is 4.74 Å². The molecule has 1 unspecified atom stereocenters. The highest BCUT2D eigenvalue weighted by Gasteiger charge is 2.22. The van der Waals surface area contributed by atoms with Crippen LogP contribution in [0.5, 0.6) is 5.75 Å². The summed E-state index contributed by atoms with van der Waals surface area (Å²) in [6.45, 7) is 4.13. The molecule has 1 fully saturated rings. The van der Waals surface area contributed by atoms with E-state index in [0.29, 0.717) is 6.04 Å². The lowest BCUT2D eigenvalue weighted by Crippen LogP contribution is -2.28. The third-order valence-electron chi connectivity index (χ3n) is 5.14. The maximum Gasteiger partial charge on any atom is 0.226 e. The summed E-state index contributed by atoms with van der Waals surface area (Å²) in [6.07, 6.45) is 5.11. The van der Waals surface area contributed by atoms with Crippen molar-refractivity contribution in [2.45, 2.75) is 25.3 Å². The minimum atomic E-state index is 0.452. The average Bonchev–Trinajstić information content (AvgIpc) is 3.28. The Balaban J connectivity index is 1.28. The summed E-state index contributed by atoms with van der Waals surface area (Å²) in [5, 5.41) is 3.56. The zero-order valence-electron chi connectivity index (χ0n) is 15.6. The summed E-state index contributed by atoms with van der Waals surface area (Å²) in [4.78, 5) is 13.3. The third kappa shape index (κ3) is 3.90. The van der Waals surface area contributed by atoms with Gasteiger partial charge in [-0.3, -0.25) is 0 Å². The van der Waals surface area contributed by atoms with Gasteiger partial charge in [0.15, 0.2) is 0 Å². The molecule has 1 N–H and O–H groups in total. The predicted octanol–water partition coefficient (Wildman–Crippen LogP) is 2.21. The van der Waals surface area contributed by atoms with Gasteiger partial charge in [0, 0.05) is 52.4 Å². The van der Waals surface area contributed by atoms with Crippen LogP contribution in [0.2, 0.25) is 0 Å². The van der Waals surface area contributed by atoms with Crippen molar-refractivity contribution in [1.29, 1.82) is 0 Å². The lowest BCUT2D eigenvalue weighted by atomic mass is 10.1. The lowest BCUT2D eigenvalue weighted by Gasteiger charge is -2.18. The first kappa shape index (κ1) is 17.1. The molecule has 26 heavy (non-hydrogen) atoms. The summed E-state index contributed by atoms with van der Waals surface area (Å²) in [5.41, 5.74) is 2.78. The minimum Gasteiger partial charge on any atom is -0.493 e. The zero-order chi connectivity index (χ0) is 17.9. The molecule has 2 aromatic rings. The van der Waals surface area contributed by atoms with Gasteiger partial charge in [0.25, 0.3) is 0 Å². The molecular formula is C20H27N5O. The van der Waals surface area contributed by atoms with E-state index < -0.39 is 0 Å². The summed E-state index contributed by atoms with van der Waals surface area (Å²) < 4.78 is 5.59. The second-order valence-corrected chi connectivity index (χ2v) is 7.36. The summed E-state index contributed by atoms with van der Waals surface area (Å²) in [7, 11) is 3.92. The Hall–Kier alpha value is -2.34. The molecule has 1 saturated heterocycles. The Kier molecular flexibility index (Phi) is 4.93. The predicted molar refractivity (Wildman–Crippen MR) is 104 cm³/mol. The molecule has 2 aliphatic rings. The molecule has 0 saturated carbocycles. The first-order chi connectivity index (χ1) is 12.7. The van der Waals surface area contributed by atoms with Gasteiger partial charge >= 0.3 is 0 Å². The second-order valence-electron chi connectivity index (χ2n) is 7.36. The molecule has 6 heteroatoms. The van der Waals surface area contributed by atoms with Crippen molar-refractivity contribution in [3.8, 4) is 5.75 Å². The molecule has 1 aromatic heterocycles. The molecule has 1 aromatic carbocycles. The van der Waals surface area contributed by atoms with Crippen molar-refractivity contribution >= 4 is 11.8 Å². The first-order valence-corrected chi connectivity index (χ1v) is 9.41. The van der Waals surface area contributed by atoms with Crippen LogP contribution in [-0.4, -0.2) is 61.2 Å². The van der Waals surface area contributed by atoms with Crippen molar-refractivity contribution < 1.29 is 4.74 Å². The Morgan fingerprint density at radius 1 is 1.31 bits per heavy atom. The van der Waals surface area contributed by atoms with Crippen LogP contribution in [-0.2, 0) is 12.8 Å². The molecule has 0 bridgehead atoms. The van der Waals surface area contributed by atoms with E-state index in [1.165, 1.54) is 11.1 Å². The highest BCUT2D eigenvalue weighted by molar-refractivity contribution is 5.41. The smallest absolute Gasteiger partial charge is 0.226 e. The van der Waals surface area contributed by atoms with Gasteiger partial charge in [-0.1, -0.05) is 12.1 Å². The molecule has 1 atom stereocenters. The SMILES string of the molecule is CN(C)c1nccc(NC2CCN(CCc3ccc4c(c3)CCO4)C2)n1.